The van der Waals surface area contributed by atoms with Crippen LogP contribution < -0.4 is 4.74 Å². The molecule has 0 spiro atoms. The van der Waals surface area contributed by atoms with E-state index in [4.69, 9.17) is 4.74 Å². The fourth-order valence-electron chi connectivity index (χ4n) is 1.45. The zero-order valence-corrected chi connectivity index (χ0v) is 9.38. The summed E-state index contributed by atoms with van der Waals surface area (Å²) in [6, 6.07) is 1.72. The first kappa shape index (κ1) is 11.4. The fraction of sp³-hybridized carbons (Fsp3) is 0.333. The second kappa shape index (κ2) is 4.26. The highest BCUT2D eigenvalue weighted by molar-refractivity contribution is 5.84. The molecule has 0 unspecified atom stereocenters. The number of carbonyl (C=O) groups is 2. The van der Waals surface area contributed by atoms with Gasteiger partial charge in [0.2, 0.25) is 0 Å². The van der Waals surface area contributed by atoms with Crippen LogP contribution in [0.25, 0.3) is 0 Å². The highest BCUT2D eigenvalue weighted by Gasteiger charge is 2.12. The Labute approximate surface area is 89.1 Å². The van der Waals surface area contributed by atoms with Crippen molar-refractivity contribution in [2.24, 2.45) is 0 Å². The summed E-state index contributed by atoms with van der Waals surface area (Å²) in [4.78, 5) is 21.8. The summed E-state index contributed by atoms with van der Waals surface area (Å²) < 4.78 is 4.98. The van der Waals surface area contributed by atoms with Gasteiger partial charge in [0.15, 0.2) is 6.29 Å². The molecule has 0 atom stereocenters. The maximum absolute atomic E-state index is 10.9. The minimum Gasteiger partial charge on any atom is -0.426 e. The van der Waals surface area contributed by atoms with Crippen LogP contribution in [0.1, 0.15) is 34.0 Å². The predicted molar refractivity (Wildman–Crippen MR) is 57.3 cm³/mol. The standard InChI is InChI=1S/C12H14O3/c1-7-5-12(15-10(4)14)11(6-13)9(3)8(7)2/h5-6H,1-4H3. The van der Waals surface area contributed by atoms with E-state index >= 15 is 0 Å². The summed E-state index contributed by atoms with van der Waals surface area (Å²) in [5.74, 6) is -0.0705. The lowest BCUT2D eigenvalue weighted by molar-refractivity contribution is -0.131. The van der Waals surface area contributed by atoms with Gasteiger partial charge in [-0.15, -0.1) is 0 Å². The molecule has 0 heterocycles. The van der Waals surface area contributed by atoms with Crippen LogP contribution in [0.15, 0.2) is 6.07 Å². The fourth-order valence-corrected chi connectivity index (χ4v) is 1.45. The van der Waals surface area contributed by atoms with E-state index in [1.165, 1.54) is 6.92 Å². The first-order chi connectivity index (χ1) is 6.97. The maximum atomic E-state index is 10.9. The van der Waals surface area contributed by atoms with Crippen molar-refractivity contribution in [3.05, 3.63) is 28.3 Å². The molecule has 0 aromatic heterocycles. The first-order valence-corrected chi connectivity index (χ1v) is 4.71. The lowest BCUT2D eigenvalue weighted by Crippen LogP contribution is -2.06. The number of hydrogen-bond acceptors (Lipinski definition) is 3. The van der Waals surface area contributed by atoms with Crippen molar-refractivity contribution >= 4 is 12.3 Å². The third kappa shape index (κ3) is 2.24. The third-order valence-corrected chi connectivity index (χ3v) is 2.54. The zero-order valence-electron chi connectivity index (χ0n) is 9.38. The van der Waals surface area contributed by atoms with Gasteiger partial charge in [-0.05, 0) is 43.5 Å². The molecule has 0 N–H and O–H groups in total. The van der Waals surface area contributed by atoms with Gasteiger partial charge in [0, 0.05) is 6.92 Å². The normalized spacial score (nSPS) is 9.87. The Bertz CT molecular complexity index is 419. The molecule has 3 nitrogen and oxygen atoms in total. The molecule has 80 valence electrons. The van der Waals surface area contributed by atoms with Gasteiger partial charge in [0.05, 0.1) is 5.56 Å². The van der Waals surface area contributed by atoms with Crippen LogP contribution in [-0.2, 0) is 4.79 Å². The van der Waals surface area contributed by atoms with Crippen LogP contribution >= 0.6 is 0 Å². The van der Waals surface area contributed by atoms with E-state index in [2.05, 4.69) is 0 Å². The summed E-state index contributed by atoms with van der Waals surface area (Å²) in [7, 11) is 0. The Hall–Kier alpha value is -1.64. The molecular formula is C12H14O3. The Balaban J connectivity index is 3.38. The van der Waals surface area contributed by atoms with Crippen molar-refractivity contribution in [3.8, 4) is 5.75 Å². The molecule has 3 heteroatoms. The van der Waals surface area contributed by atoms with E-state index in [0.29, 0.717) is 11.3 Å². The lowest BCUT2D eigenvalue weighted by Gasteiger charge is -2.12. The Morgan fingerprint density at radius 3 is 2.33 bits per heavy atom. The molecule has 1 aromatic rings. The van der Waals surface area contributed by atoms with Gasteiger partial charge in [-0.2, -0.15) is 0 Å². The summed E-state index contributed by atoms with van der Waals surface area (Å²) in [5.41, 5.74) is 3.37. The molecule has 0 saturated heterocycles. The monoisotopic (exact) mass is 206 g/mol. The maximum Gasteiger partial charge on any atom is 0.308 e. The van der Waals surface area contributed by atoms with E-state index < -0.39 is 5.97 Å². The van der Waals surface area contributed by atoms with E-state index in [1.54, 1.807) is 6.07 Å². The lowest BCUT2D eigenvalue weighted by atomic mass is 9.98. The quantitative estimate of drug-likeness (QED) is 0.424. The average molecular weight is 206 g/mol. The average Bonchev–Trinajstić information content (AvgIpc) is 2.14. The molecule has 0 bridgehead atoms. The number of esters is 1. The van der Waals surface area contributed by atoms with Crippen molar-refractivity contribution in [2.75, 3.05) is 0 Å². The SMILES string of the molecule is CC(=O)Oc1cc(C)c(C)c(C)c1C=O. The van der Waals surface area contributed by atoms with Gasteiger partial charge in [0.1, 0.15) is 5.75 Å². The Morgan fingerprint density at radius 1 is 1.27 bits per heavy atom. The second-order valence-electron chi connectivity index (χ2n) is 3.57. The largest absolute Gasteiger partial charge is 0.426 e. The molecule has 0 fully saturated rings. The molecule has 0 aliphatic rings. The van der Waals surface area contributed by atoms with Crippen molar-refractivity contribution in [1.82, 2.24) is 0 Å². The van der Waals surface area contributed by atoms with Crippen LogP contribution in [0, 0.1) is 20.8 Å². The number of aldehydes is 1. The highest BCUT2D eigenvalue weighted by atomic mass is 16.5. The minimum absolute atomic E-state index is 0.345. The van der Waals surface area contributed by atoms with Gasteiger partial charge in [-0.25, -0.2) is 0 Å². The van der Waals surface area contributed by atoms with E-state index in [1.807, 2.05) is 20.8 Å². The van der Waals surface area contributed by atoms with E-state index in [-0.39, 0.29) is 0 Å². The Morgan fingerprint density at radius 2 is 1.87 bits per heavy atom. The van der Waals surface area contributed by atoms with Crippen LogP contribution in [0.2, 0.25) is 0 Å². The van der Waals surface area contributed by atoms with Crippen molar-refractivity contribution in [1.29, 1.82) is 0 Å². The molecule has 0 aliphatic heterocycles. The van der Waals surface area contributed by atoms with Crippen LogP contribution in [-0.4, -0.2) is 12.3 Å². The van der Waals surface area contributed by atoms with Gasteiger partial charge in [0.25, 0.3) is 0 Å². The Kier molecular flexibility index (Phi) is 3.24. The first-order valence-electron chi connectivity index (χ1n) is 4.71. The number of carbonyl (C=O) groups excluding carboxylic acids is 2. The van der Waals surface area contributed by atoms with Crippen LogP contribution in [0.3, 0.4) is 0 Å². The molecule has 0 radical (unpaired) electrons. The molecule has 0 aliphatic carbocycles. The highest BCUT2D eigenvalue weighted by Crippen LogP contribution is 2.26. The molecular weight excluding hydrogens is 192 g/mol. The number of benzene rings is 1. The van der Waals surface area contributed by atoms with Crippen molar-refractivity contribution in [3.63, 3.8) is 0 Å². The molecule has 0 saturated carbocycles. The molecule has 15 heavy (non-hydrogen) atoms. The summed E-state index contributed by atoms with van der Waals surface area (Å²) in [5, 5.41) is 0. The molecule has 0 amide bonds. The second-order valence-corrected chi connectivity index (χ2v) is 3.57. The third-order valence-electron chi connectivity index (χ3n) is 2.54. The molecule has 1 aromatic carbocycles. The van der Waals surface area contributed by atoms with Gasteiger partial charge in [-0.1, -0.05) is 0 Å². The number of aryl methyl sites for hydroxylation is 1. The van der Waals surface area contributed by atoms with Gasteiger partial charge >= 0.3 is 5.97 Å². The smallest absolute Gasteiger partial charge is 0.308 e. The van der Waals surface area contributed by atoms with E-state index in [9.17, 15) is 9.59 Å². The van der Waals surface area contributed by atoms with Crippen molar-refractivity contribution < 1.29 is 14.3 Å². The number of rotatable bonds is 2. The number of ether oxygens (including phenoxy) is 1. The summed E-state index contributed by atoms with van der Waals surface area (Å²) in [6.45, 7) is 7.03. The topological polar surface area (TPSA) is 43.4 Å². The number of hydrogen-bond donors (Lipinski definition) is 0. The van der Waals surface area contributed by atoms with Gasteiger partial charge in [-0.3, -0.25) is 9.59 Å². The van der Waals surface area contributed by atoms with Gasteiger partial charge < -0.3 is 4.74 Å². The predicted octanol–water partition coefficient (Wildman–Crippen LogP) is 2.35. The molecule has 1 rings (SSSR count). The summed E-state index contributed by atoms with van der Waals surface area (Å²) in [6.07, 6.45) is 0.722. The van der Waals surface area contributed by atoms with E-state index in [0.717, 1.165) is 23.0 Å². The summed E-state index contributed by atoms with van der Waals surface area (Å²) >= 11 is 0. The van der Waals surface area contributed by atoms with Crippen LogP contribution in [0.4, 0.5) is 0 Å². The van der Waals surface area contributed by atoms with Crippen molar-refractivity contribution in [2.45, 2.75) is 27.7 Å². The van der Waals surface area contributed by atoms with Crippen LogP contribution in [0.5, 0.6) is 5.75 Å². The minimum atomic E-state index is -0.416. The zero-order chi connectivity index (χ0) is 11.6.